The van der Waals surface area contributed by atoms with Crippen molar-refractivity contribution in [3.8, 4) is 5.75 Å². The van der Waals surface area contributed by atoms with Crippen molar-refractivity contribution in [3.05, 3.63) is 65.5 Å². The molecule has 0 aliphatic carbocycles. The van der Waals surface area contributed by atoms with E-state index in [-0.39, 0.29) is 23.6 Å². The molecular weight excluding hydrogens is 419 g/mol. The van der Waals surface area contributed by atoms with Gasteiger partial charge in [-0.05, 0) is 56.0 Å². The number of amides is 1. The number of rotatable bonds is 8. The monoisotopic (exact) mass is 448 g/mol. The summed E-state index contributed by atoms with van der Waals surface area (Å²) in [7, 11) is -3.51. The van der Waals surface area contributed by atoms with E-state index in [9.17, 15) is 17.6 Å². The number of hydrogen-bond donors (Lipinski definition) is 1. The lowest BCUT2D eigenvalue weighted by atomic mass is 9.97. The van der Waals surface area contributed by atoms with E-state index >= 15 is 0 Å². The van der Waals surface area contributed by atoms with Crippen LogP contribution in [0.15, 0.2) is 48.5 Å². The number of halogens is 1. The van der Waals surface area contributed by atoms with Gasteiger partial charge in [0.05, 0.1) is 11.8 Å². The molecule has 0 aromatic heterocycles. The Kier molecular flexibility index (Phi) is 7.67. The predicted octanol–water partition coefficient (Wildman–Crippen LogP) is 3.26. The van der Waals surface area contributed by atoms with E-state index in [1.165, 1.54) is 28.6 Å². The number of hydrogen-bond acceptors (Lipinski definition) is 4. The zero-order valence-electron chi connectivity index (χ0n) is 17.9. The maximum absolute atomic E-state index is 13.0. The van der Waals surface area contributed by atoms with Crippen molar-refractivity contribution in [1.82, 2.24) is 9.62 Å². The van der Waals surface area contributed by atoms with Crippen molar-refractivity contribution in [2.24, 2.45) is 5.92 Å². The standard InChI is InChI=1S/C23H29FN2O4S/c1-17-5-3-4-6-22(17)30-15-18(2)25-23(27)20-11-13-26(14-12-20)31(28,29)16-19-7-9-21(24)10-8-19/h3-10,18,20H,11-16H2,1-2H3,(H,25,27)/t18-/m0/s1. The summed E-state index contributed by atoms with van der Waals surface area (Å²) in [6, 6.07) is 13.0. The lowest BCUT2D eigenvalue weighted by Crippen LogP contribution is -2.46. The fraction of sp³-hybridized carbons (Fsp3) is 0.435. The van der Waals surface area contributed by atoms with E-state index in [1.807, 2.05) is 38.1 Å². The highest BCUT2D eigenvalue weighted by Crippen LogP contribution is 2.22. The minimum atomic E-state index is -3.51. The van der Waals surface area contributed by atoms with Gasteiger partial charge in [-0.3, -0.25) is 4.79 Å². The number of piperidine rings is 1. The average Bonchev–Trinajstić information content (AvgIpc) is 2.75. The first-order valence-corrected chi connectivity index (χ1v) is 12.1. The van der Waals surface area contributed by atoms with E-state index in [4.69, 9.17) is 4.74 Å². The molecule has 1 heterocycles. The van der Waals surface area contributed by atoms with Crippen LogP contribution >= 0.6 is 0 Å². The number of nitrogens with one attached hydrogen (secondary N) is 1. The van der Waals surface area contributed by atoms with E-state index in [0.717, 1.165) is 11.3 Å². The molecule has 8 heteroatoms. The molecule has 1 saturated heterocycles. The second kappa shape index (κ2) is 10.2. The van der Waals surface area contributed by atoms with Gasteiger partial charge in [-0.2, -0.15) is 0 Å². The van der Waals surface area contributed by atoms with Crippen LogP contribution in [0.3, 0.4) is 0 Å². The van der Waals surface area contributed by atoms with Crippen LogP contribution in [0, 0.1) is 18.7 Å². The van der Waals surface area contributed by atoms with Crippen LogP contribution in [0.5, 0.6) is 5.75 Å². The van der Waals surface area contributed by atoms with Gasteiger partial charge in [0.25, 0.3) is 0 Å². The number of carbonyl (C=O) groups excluding carboxylic acids is 1. The molecular formula is C23H29FN2O4S. The third kappa shape index (κ3) is 6.51. The number of sulfonamides is 1. The largest absolute Gasteiger partial charge is 0.491 e. The molecule has 0 unspecified atom stereocenters. The molecule has 1 N–H and O–H groups in total. The van der Waals surface area contributed by atoms with Gasteiger partial charge in [-0.25, -0.2) is 17.1 Å². The van der Waals surface area contributed by atoms with E-state index in [0.29, 0.717) is 38.1 Å². The second-order valence-electron chi connectivity index (χ2n) is 8.04. The van der Waals surface area contributed by atoms with Gasteiger partial charge in [0, 0.05) is 19.0 Å². The second-order valence-corrected chi connectivity index (χ2v) is 10.0. The van der Waals surface area contributed by atoms with Crippen molar-refractivity contribution >= 4 is 15.9 Å². The van der Waals surface area contributed by atoms with Crippen molar-refractivity contribution in [3.63, 3.8) is 0 Å². The first-order chi connectivity index (χ1) is 14.7. The van der Waals surface area contributed by atoms with Crippen LogP contribution in [0.2, 0.25) is 0 Å². The molecule has 0 spiro atoms. The topological polar surface area (TPSA) is 75.7 Å². The summed E-state index contributed by atoms with van der Waals surface area (Å²) < 4.78 is 45.6. The molecule has 0 saturated carbocycles. The molecule has 1 fully saturated rings. The third-order valence-corrected chi connectivity index (χ3v) is 7.30. The first-order valence-electron chi connectivity index (χ1n) is 10.5. The lowest BCUT2D eigenvalue weighted by molar-refractivity contribution is -0.126. The van der Waals surface area contributed by atoms with Crippen molar-refractivity contribution < 1.29 is 22.3 Å². The third-order valence-electron chi connectivity index (χ3n) is 5.45. The van der Waals surface area contributed by atoms with Crippen molar-refractivity contribution in [1.29, 1.82) is 0 Å². The summed E-state index contributed by atoms with van der Waals surface area (Å²) in [4.78, 5) is 12.6. The predicted molar refractivity (Wildman–Crippen MR) is 118 cm³/mol. The molecule has 0 bridgehead atoms. The Morgan fingerprint density at radius 2 is 1.81 bits per heavy atom. The normalized spacial score (nSPS) is 16.6. The summed E-state index contributed by atoms with van der Waals surface area (Å²) in [5, 5.41) is 2.97. The Labute approximate surface area is 183 Å². The van der Waals surface area contributed by atoms with Crippen LogP contribution in [0.4, 0.5) is 4.39 Å². The Balaban J connectivity index is 1.45. The Hall–Kier alpha value is -2.45. The summed E-state index contributed by atoms with van der Waals surface area (Å²) >= 11 is 0. The quantitative estimate of drug-likeness (QED) is 0.673. The summed E-state index contributed by atoms with van der Waals surface area (Å²) in [5.74, 6) is -0.0679. The van der Waals surface area contributed by atoms with Gasteiger partial charge in [-0.15, -0.1) is 0 Å². The van der Waals surface area contributed by atoms with Gasteiger partial charge >= 0.3 is 0 Å². The fourth-order valence-corrected chi connectivity index (χ4v) is 5.18. The molecule has 1 atom stereocenters. The number of aryl methyl sites for hydroxylation is 1. The van der Waals surface area contributed by atoms with Gasteiger partial charge in [0.2, 0.25) is 15.9 Å². The number of ether oxygens (including phenoxy) is 1. The van der Waals surface area contributed by atoms with Gasteiger partial charge in [-0.1, -0.05) is 30.3 Å². The highest BCUT2D eigenvalue weighted by molar-refractivity contribution is 7.88. The highest BCUT2D eigenvalue weighted by Gasteiger charge is 2.31. The SMILES string of the molecule is Cc1ccccc1OC[C@H](C)NC(=O)C1CCN(S(=O)(=O)Cc2ccc(F)cc2)CC1. The molecule has 168 valence electrons. The zero-order chi connectivity index (χ0) is 22.4. The minimum absolute atomic E-state index is 0.0727. The zero-order valence-corrected chi connectivity index (χ0v) is 18.7. The van der Waals surface area contributed by atoms with Crippen LogP contribution in [-0.2, 0) is 20.6 Å². The van der Waals surface area contributed by atoms with Crippen LogP contribution < -0.4 is 10.1 Å². The van der Waals surface area contributed by atoms with Crippen LogP contribution in [-0.4, -0.2) is 44.4 Å². The number of para-hydroxylation sites is 1. The molecule has 6 nitrogen and oxygen atoms in total. The molecule has 0 radical (unpaired) electrons. The fourth-order valence-electron chi connectivity index (χ4n) is 3.61. The maximum atomic E-state index is 13.0. The van der Waals surface area contributed by atoms with Crippen LogP contribution in [0.1, 0.15) is 30.9 Å². The maximum Gasteiger partial charge on any atom is 0.223 e. The molecule has 2 aromatic carbocycles. The number of benzene rings is 2. The number of carbonyl (C=O) groups is 1. The minimum Gasteiger partial charge on any atom is -0.491 e. The Morgan fingerprint density at radius 1 is 1.16 bits per heavy atom. The molecule has 2 aromatic rings. The van der Waals surface area contributed by atoms with Gasteiger partial charge in [0.1, 0.15) is 18.2 Å². The van der Waals surface area contributed by atoms with E-state index < -0.39 is 15.8 Å². The van der Waals surface area contributed by atoms with Crippen molar-refractivity contribution in [2.75, 3.05) is 19.7 Å². The summed E-state index contributed by atoms with van der Waals surface area (Å²) in [6.07, 6.45) is 0.944. The molecule has 31 heavy (non-hydrogen) atoms. The van der Waals surface area contributed by atoms with E-state index in [1.54, 1.807) is 0 Å². The Morgan fingerprint density at radius 3 is 2.45 bits per heavy atom. The first kappa shape index (κ1) is 23.2. The molecule has 1 aliphatic heterocycles. The van der Waals surface area contributed by atoms with E-state index in [2.05, 4.69) is 5.32 Å². The Bertz CT molecular complexity index is 987. The molecule has 1 amide bonds. The molecule has 3 rings (SSSR count). The smallest absolute Gasteiger partial charge is 0.223 e. The lowest BCUT2D eigenvalue weighted by Gasteiger charge is -2.31. The average molecular weight is 449 g/mol. The van der Waals surface area contributed by atoms with Crippen LogP contribution in [0.25, 0.3) is 0 Å². The number of nitrogens with zero attached hydrogens (tertiary/aromatic N) is 1. The van der Waals surface area contributed by atoms with Gasteiger partial charge in [0.15, 0.2) is 0 Å². The summed E-state index contributed by atoms with van der Waals surface area (Å²) in [6.45, 7) is 4.82. The van der Waals surface area contributed by atoms with Crippen molar-refractivity contribution in [2.45, 2.75) is 38.5 Å². The highest BCUT2D eigenvalue weighted by atomic mass is 32.2. The summed E-state index contributed by atoms with van der Waals surface area (Å²) in [5.41, 5.74) is 1.58. The molecule has 1 aliphatic rings. The van der Waals surface area contributed by atoms with Gasteiger partial charge < -0.3 is 10.1 Å².